The normalized spacial score (nSPS) is 15.9. The number of nitrogens with zero attached hydrogens (tertiary/aromatic N) is 4. The third-order valence-electron chi connectivity index (χ3n) is 5.74. The van der Waals surface area contributed by atoms with Gasteiger partial charge in [-0.3, -0.25) is 9.89 Å². The number of aryl methyl sites for hydroxylation is 1. The summed E-state index contributed by atoms with van der Waals surface area (Å²) >= 11 is 0. The summed E-state index contributed by atoms with van der Waals surface area (Å²) in [6.07, 6.45) is 8.91. The maximum Gasteiger partial charge on any atom is 0.230 e. The average Bonchev–Trinajstić information content (AvgIpc) is 3.25. The van der Waals surface area contributed by atoms with E-state index in [1.807, 2.05) is 17.0 Å². The molecule has 1 amide bonds. The maximum atomic E-state index is 12.8. The van der Waals surface area contributed by atoms with Crippen LogP contribution in [0.5, 0.6) is 0 Å². The number of carbonyl (C=O) groups excluding carboxylic acids is 1. The second-order valence-electron chi connectivity index (χ2n) is 7.87. The van der Waals surface area contributed by atoms with Gasteiger partial charge in [0.05, 0.1) is 18.0 Å². The molecular weight excluding hydrogens is 380 g/mol. The maximum absolute atomic E-state index is 12.8. The van der Waals surface area contributed by atoms with Crippen molar-refractivity contribution in [3.63, 3.8) is 0 Å². The number of H-pyrrole nitrogens is 1. The standard InChI is InChI=1S/C22H20N6O2/c29-22(14-3-4-14)28-8-1-2-13-5-6-16(10-18(13)28)24-21-19-17(11-23-27-19)25-20(26-21)15-7-9-30-12-15/h5-7,9-12,14H,1-4,8H2,(H,23,27)(H,24,25,26). The molecule has 0 unspecified atom stereocenters. The molecule has 150 valence electrons. The number of hydrogen-bond donors (Lipinski definition) is 2. The van der Waals surface area contributed by atoms with Crippen LogP contribution in [-0.2, 0) is 11.2 Å². The van der Waals surface area contributed by atoms with Gasteiger partial charge in [0.15, 0.2) is 11.6 Å². The van der Waals surface area contributed by atoms with Crippen molar-refractivity contribution in [1.29, 1.82) is 0 Å². The van der Waals surface area contributed by atoms with Crippen LogP contribution in [0.1, 0.15) is 24.8 Å². The summed E-state index contributed by atoms with van der Waals surface area (Å²) in [7, 11) is 0. The molecule has 6 rings (SSSR count). The Bertz CT molecular complexity index is 1240. The fourth-order valence-corrected chi connectivity index (χ4v) is 4.02. The summed E-state index contributed by atoms with van der Waals surface area (Å²) in [5, 5.41) is 10.5. The fourth-order valence-electron chi connectivity index (χ4n) is 4.02. The van der Waals surface area contributed by atoms with Crippen LogP contribution >= 0.6 is 0 Å². The molecule has 3 aromatic heterocycles. The molecule has 1 aliphatic carbocycles. The molecule has 1 aromatic carbocycles. The minimum Gasteiger partial charge on any atom is -0.472 e. The number of aromatic amines is 1. The first kappa shape index (κ1) is 17.2. The van der Waals surface area contributed by atoms with Crippen molar-refractivity contribution < 1.29 is 9.21 Å². The van der Waals surface area contributed by atoms with Gasteiger partial charge in [0.1, 0.15) is 17.3 Å². The molecule has 8 heteroatoms. The van der Waals surface area contributed by atoms with Crippen molar-refractivity contribution >= 4 is 34.1 Å². The van der Waals surface area contributed by atoms with E-state index in [1.54, 1.807) is 18.7 Å². The molecule has 1 fully saturated rings. The Balaban J connectivity index is 1.38. The molecule has 1 aliphatic heterocycles. The number of amides is 1. The number of aromatic nitrogens is 4. The Labute approximate surface area is 172 Å². The van der Waals surface area contributed by atoms with Crippen LogP contribution in [-0.4, -0.2) is 32.6 Å². The number of rotatable bonds is 4. The second-order valence-corrected chi connectivity index (χ2v) is 7.87. The van der Waals surface area contributed by atoms with E-state index in [-0.39, 0.29) is 11.8 Å². The Morgan fingerprint density at radius 3 is 3.00 bits per heavy atom. The van der Waals surface area contributed by atoms with E-state index in [2.05, 4.69) is 37.6 Å². The van der Waals surface area contributed by atoms with Crippen LogP contribution in [0.3, 0.4) is 0 Å². The summed E-state index contributed by atoms with van der Waals surface area (Å²) in [6, 6.07) is 8.01. The highest BCUT2D eigenvalue weighted by Gasteiger charge is 2.35. The molecule has 8 nitrogen and oxygen atoms in total. The van der Waals surface area contributed by atoms with Crippen LogP contribution in [0, 0.1) is 5.92 Å². The number of nitrogens with one attached hydrogen (secondary N) is 2. The van der Waals surface area contributed by atoms with Gasteiger partial charge in [-0.25, -0.2) is 9.97 Å². The topological polar surface area (TPSA) is 99.9 Å². The van der Waals surface area contributed by atoms with Gasteiger partial charge in [0.25, 0.3) is 0 Å². The van der Waals surface area contributed by atoms with Crippen LogP contribution in [0.15, 0.2) is 47.4 Å². The van der Waals surface area contributed by atoms with Gasteiger partial charge in [-0.15, -0.1) is 0 Å². The largest absolute Gasteiger partial charge is 0.472 e. The Morgan fingerprint density at radius 1 is 1.23 bits per heavy atom. The zero-order valence-electron chi connectivity index (χ0n) is 16.3. The lowest BCUT2D eigenvalue weighted by Crippen LogP contribution is -2.36. The predicted octanol–water partition coefficient (Wildman–Crippen LogP) is 4.05. The van der Waals surface area contributed by atoms with E-state index in [1.165, 1.54) is 5.56 Å². The van der Waals surface area contributed by atoms with Gasteiger partial charge in [-0.1, -0.05) is 6.07 Å². The van der Waals surface area contributed by atoms with Crippen LogP contribution in [0.2, 0.25) is 0 Å². The first-order valence-electron chi connectivity index (χ1n) is 10.2. The minimum atomic E-state index is 0.205. The van der Waals surface area contributed by atoms with Crippen molar-refractivity contribution in [3.05, 3.63) is 48.6 Å². The Kier molecular flexibility index (Phi) is 3.83. The lowest BCUT2D eigenvalue weighted by Gasteiger charge is -2.30. The highest BCUT2D eigenvalue weighted by Crippen LogP contribution is 2.37. The Morgan fingerprint density at radius 2 is 2.17 bits per heavy atom. The zero-order chi connectivity index (χ0) is 20.1. The number of fused-ring (bicyclic) bond motifs is 2. The molecule has 2 N–H and O–H groups in total. The van der Waals surface area contributed by atoms with Crippen molar-refractivity contribution in [2.24, 2.45) is 5.92 Å². The molecule has 1 saturated carbocycles. The lowest BCUT2D eigenvalue weighted by atomic mass is 10.0. The van der Waals surface area contributed by atoms with Gasteiger partial charge in [-0.05, 0) is 49.4 Å². The van der Waals surface area contributed by atoms with E-state index >= 15 is 0 Å². The molecule has 4 aromatic rings. The molecule has 0 saturated heterocycles. The highest BCUT2D eigenvalue weighted by atomic mass is 16.3. The number of carbonyl (C=O) groups is 1. The highest BCUT2D eigenvalue weighted by molar-refractivity contribution is 5.98. The first-order valence-corrected chi connectivity index (χ1v) is 10.2. The predicted molar refractivity (Wildman–Crippen MR) is 113 cm³/mol. The Hall–Kier alpha value is -3.68. The molecule has 2 aliphatic rings. The summed E-state index contributed by atoms with van der Waals surface area (Å²) in [6.45, 7) is 0.786. The smallest absolute Gasteiger partial charge is 0.230 e. The molecule has 30 heavy (non-hydrogen) atoms. The lowest BCUT2D eigenvalue weighted by molar-refractivity contribution is -0.119. The van der Waals surface area contributed by atoms with Crippen LogP contribution in [0.4, 0.5) is 17.2 Å². The summed E-state index contributed by atoms with van der Waals surface area (Å²) in [5.74, 6) is 1.65. The number of hydrogen-bond acceptors (Lipinski definition) is 6. The molecule has 0 bridgehead atoms. The monoisotopic (exact) mass is 400 g/mol. The van der Waals surface area contributed by atoms with Crippen molar-refractivity contribution in [2.45, 2.75) is 25.7 Å². The van der Waals surface area contributed by atoms with Crippen molar-refractivity contribution in [3.8, 4) is 11.4 Å². The van der Waals surface area contributed by atoms with E-state index in [0.29, 0.717) is 17.2 Å². The summed E-state index contributed by atoms with van der Waals surface area (Å²) in [5.41, 5.74) is 5.34. The van der Waals surface area contributed by atoms with Crippen molar-refractivity contribution in [1.82, 2.24) is 20.2 Å². The second kappa shape index (κ2) is 6.69. The van der Waals surface area contributed by atoms with Gasteiger partial charge in [0, 0.05) is 23.8 Å². The average molecular weight is 400 g/mol. The first-order chi connectivity index (χ1) is 14.8. The number of benzene rings is 1. The quantitative estimate of drug-likeness (QED) is 0.536. The number of anilines is 3. The molecular formula is C22H20N6O2. The molecule has 0 radical (unpaired) electrons. The van der Waals surface area contributed by atoms with Gasteiger partial charge >= 0.3 is 0 Å². The van der Waals surface area contributed by atoms with Gasteiger partial charge in [0.2, 0.25) is 5.91 Å². The van der Waals surface area contributed by atoms with Gasteiger partial charge in [-0.2, -0.15) is 5.10 Å². The third kappa shape index (κ3) is 2.92. The molecule has 4 heterocycles. The summed E-state index contributed by atoms with van der Waals surface area (Å²) < 4.78 is 5.18. The SMILES string of the molecule is O=C(C1CC1)N1CCCc2ccc(Nc3nc(-c4ccoc4)nc4cn[nH]c34)cc21. The van der Waals surface area contributed by atoms with Crippen LogP contribution < -0.4 is 10.2 Å². The van der Waals surface area contributed by atoms with E-state index in [0.717, 1.165) is 54.7 Å². The van der Waals surface area contributed by atoms with E-state index in [9.17, 15) is 4.79 Å². The van der Waals surface area contributed by atoms with Gasteiger partial charge < -0.3 is 14.6 Å². The van der Waals surface area contributed by atoms with Crippen LogP contribution in [0.25, 0.3) is 22.4 Å². The molecule has 0 atom stereocenters. The summed E-state index contributed by atoms with van der Waals surface area (Å²) in [4.78, 5) is 24.0. The van der Waals surface area contributed by atoms with E-state index in [4.69, 9.17) is 4.42 Å². The fraction of sp³-hybridized carbons (Fsp3) is 0.273. The van der Waals surface area contributed by atoms with E-state index < -0.39 is 0 Å². The minimum absolute atomic E-state index is 0.205. The zero-order valence-corrected chi connectivity index (χ0v) is 16.3. The molecule has 0 spiro atoms. The third-order valence-corrected chi connectivity index (χ3v) is 5.74. The van der Waals surface area contributed by atoms with Crippen molar-refractivity contribution in [2.75, 3.05) is 16.8 Å². The number of furan rings is 1.